The molecule has 2 aromatic rings. The summed E-state index contributed by atoms with van der Waals surface area (Å²) in [6.07, 6.45) is 3.37. The van der Waals surface area contributed by atoms with Gasteiger partial charge in [-0.1, -0.05) is 40.8 Å². The van der Waals surface area contributed by atoms with Crippen molar-refractivity contribution in [2.75, 3.05) is 0 Å². The number of rotatable bonds is 4. The third kappa shape index (κ3) is 3.38. The van der Waals surface area contributed by atoms with E-state index in [1.165, 1.54) is 29.5 Å². The summed E-state index contributed by atoms with van der Waals surface area (Å²) in [6, 6.07) is 8.74. The lowest BCUT2D eigenvalue weighted by Crippen LogP contribution is -2.42. The van der Waals surface area contributed by atoms with Crippen LogP contribution in [0.15, 0.2) is 33.5 Å². The summed E-state index contributed by atoms with van der Waals surface area (Å²) in [5, 5.41) is 15.8. The summed E-state index contributed by atoms with van der Waals surface area (Å²) in [5.74, 6) is -0.125. The fraction of sp³-hybridized carbons (Fsp3) is 0.400. The van der Waals surface area contributed by atoms with Gasteiger partial charge in [0.25, 0.3) is 5.91 Å². The normalized spacial score (nSPS) is 25.7. The first-order valence-corrected chi connectivity index (χ1v) is 9.52. The van der Waals surface area contributed by atoms with Gasteiger partial charge in [-0.3, -0.25) is 4.79 Å². The van der Waals surface area contributed by atoms with Crippen LogP contribution < -0.4 is 10.6 Å². The van der Waals surface area contributed by atoms with E-state index in [9.17, 15) is 4.79 Å². The standard InChI is InChI=1S/C15H15ClN4OS2/c16-8-2-1-3-10(6-8)22-15-20-19-14(23-15)13(21)18-12-7-9-4-5-11(12)17-9/h1-3,6,9,11-12,17H,4-5,7H2,(H,18,21)/t9-,11+,12-/m1/s1. The molecule has 1 aromatic carbocycles. The topological polar surface area (TPSA) is 66.9 Å². The van der Waals surface area contributed by atoms with Crippen LogP contribution in [0.25, 0.3) is 0 Å². The van der Waals surface area contributed by atoms with E-state index in [0.717, 1.165) is 22.1 Å². The second kappa shape index (κ2) is 6.39. The molecule has 8 heteroatoms. The van der Waals surface area contributed by atoms with Gasteiger partial charge in [0.2, 0.25) is 5.01 Å². The molecule has 3 heterocycles. The second-order valence-corrected chi connectivity index (χ2v) is 8.53. The Hall–Kier alpha value is -1.15. The van der Waals surface area contributed by atoms with Gasteiger partial charge < -0.3 is 10.6 Å². The fourth-order valence-corrected chi connectivity index (χ4v) is 5.23. The first-order valence-electron chi connectivity index (χ1n) is 7.51. The number of nitrogens with one attached hydrogen (secondary N) is 2. The quantitative estimate of drug-likeness (QED) is 0.870. The lowest BCUT2D eigenvalue weighted by molar-refractivity contribution is 0.0930. The molecular formula is C15H15ClN4OS2. The number of hydrogen-bond acceptors (Lipinski definition) is 6. The molecule has 0 saturated carbocycles. The molecule has 0 spiro atoms. The third-order valence-electron chi connectivity index (χ3n) is 4.22. The maximum atomic E-state index is 12.3. The molecule has 2 fully saturated rings. The van der Waals surface area contributed by atoms with Crippen molar-refractivity contribution in [2.24, 2.45) is 0 Å². The van der Waals surface area contributed by atoms with Crippen molar-refractivity contribution in [1.29, 1.82) is 0 Å². The summed E-state index contributed by atoms with van der Waals surface area (Å²) < 4.78 is 0.739. The molecule has 0 aliphatic carbocycles. The van der Waals surface area contributed by atoms with Crippen molar-refractivity contribution in [1.82, 2.24) is 20.8 Å². The van der Waals surface area contributed by atoms with Crippen LogP contribution in [0.2, 0.25) is 5.02 Å². The highest BCUT2D eigenvalue weighted by atomic mass is 35.5. The maximum Gasteiger partial charge on any atom is 0.282 e. The van der Waals surface area contributed by atoms with Gasteiger partial charge in [-0.25, -0.2) is 0 Å². The molecule has 0 unspecified atom stereocenters. The van der Waals surface area contributed by atoms with E-state index in [4.69, 9.17) is 11.6 Å². The van der Waals surface area contributed by atoms with Crippen LogP contribution in [0.4, 0.5) is 0 Å². The van der Waals surface area contributed by atoms with E-state index in [-0.39, 0.29) is 11.9 Å². The molecule has 2 N–H and O–H groups in total. The van der Waals surface area contributed by atoms with E-state index in [2.05, 4.69) is 20.8 Å². The fourth-order valence-electron chi connectivity index (χ4n) is 3.19. The van der Waals surface area contributed by atoms with Gasteiger partial charge in [0, 0.05) is 28.0 Å². The van der Waals surface area contributed by atoms with Gasteiger partial charge in [0.1, 0.15) is 0 Å². The third-order valence-corrected chi connectivity index (χ3v) is 6.42. The van der Waals surface area contributed by atoms with Gasteiger partial charge in [-0.05, 0) is 37.5 Å². The molecule has 2 saturated heterocycles. The number of carbonyl (C=O) groups excluding carboxylic acids is 1. The highest BCUT2D eigenvalue weighted by Gasteiger charge is 2.40. The molecule has 2 bridgehead atoms. The number of halogens is 1. The van der Waals surface area contributed by atoms with Gasteiger partial charge in [-0.2, -0.15) is 0 Å². The number of aromatic nitrogens is 2. The summed E-state index contributed by atoms with van der Waals surface area (Å²) in [7, 11) is 0. The van der Waals surface area contributed by atoms with Crippen LogP contribution in [0, 0.1) is 0 Å². The van der Waals surface area contributed by atoms with Crippen molar-refractivity contribution < 1.29 is 4.79 Å². The van der Waals surface area contributed by atoms with E-state index < -0.39 is 0 Å². The minimum absolute atomic E-state index is 0.125. The van der Waals surface area contributed by atoms with Crippen LogP contribution in [0.3, 0.4) is 0 Å². The van der Waals surface area contributed by atoms with Gasteiger partial charge in [0.15, 0.2) is 4.34 Å². The van der Waals surface area contributed by atoms with Crippen molar-refractivity contribution >= 4 is 40.6 Å². The zero-order valence-corrected chi connectivity index (χ0v) is 14.5. The highest BCUT2D eigenvalue weighted by Crippen LogP contribution is 2.32. The van der Waals surface area contributed by atoms with E-state index in [1.807, 2.05) is 24.3 Å². The van der Waals surface area contributed by atoms with Gasteiger partial charge >= 0.3 is 0 Å². The average Bonchev–Trinajstić information content (AvgIpc) is 3.23. The van der Waals surface area contributed by atoms with Gasteiger partial charge in [-0.15, -0.1) is 10.2 Å². The van der Waals surface area contributed by atoms with Gasteiger partial charge in [0.05, 0.1) is 0 Å². The Morgan fingerprint density at radius 3 is 3.04 bits per heavy atom. The number of hydrogen-bond donors (Lipinski definition) is 2. The number of benzene rings is 1. The Labute approximate surface area is 147 Å². The Balaban J connectivity index is 1.40. The summed E-state index contributed by atoms with van der Waals surface area (Å²) >= 11 is 8.75. The Morgan fingerprint density at radius 1 is 1.39 bits per heavy atom. The van der Waals surface area contributed by atoms with Crippen molar-refractivity contribution in [3.63, 3.8) is 0 Å². The number of nitrogens with zero attached hydrogens (tertiary/aromatic N) is 2. The Bertz CT molecular complexity index is 738. The average molecular weight is 367 g/mol. The number of fused-ring (bicyclic) bond motifs is 2. The smallest absolute Gasteiger partial charge is 0.282 e. The molecule has 2 aliphatic rings. The first-order chi connectivity index (χ1) is 11.2. The molecule has 1 aromatic heterocycles. The molecule has 3 atom stereocenters. The van der Waals surface area contributed by atoms with Crippen LogP contribution in [0.5, 0.6) is 0 Å². The zero-order valence-electron chi connectivity index (χ0n) is 12.2. The monoisotopic (exact) mass is 366 g/mol. The summed E-state index contributed by atoms with van der Waals surface area (Å²) in [5.41, 5.74) is 0. The maximum absolute atomic E-state index is 12.3. The first kappa shape index (κ1) is 15.4. The van der Waals surface area contributed by atoms with Crippen LogP contribution in [-0.4, -0.2) is 34.2 Å². The largest absolute Gasteiger partial charge is 0.346 e. The zero-order chi connectivity index (χ0) is 15.8. The molecular weight excluding hydrogens is 352 g/mol. The lowest BCUT2D eigenvalue weighted by atomic mass is 9.95. The molecule has 1 amide bonds. The predicted octanol–water partition coefficient (Wildman–Crippen LogP) is 2.97. The molecule has 4 rings (SSSR count). The van der Waals surface area contributed by atoms with E-state index in [1.54, 1.807) is 0 Å². The lowest BCUT2D eigenvalue weighted by Gasteiger charge is -2.20. The van der Waals surface area contributed by atoms with Crippen molar-refractivity contribution in [3.8, 4) is 0 Å². The van der Waals surface area contributed by atoms with Crippen LogP contribution >= 0.6 is 34.7 Å². The molecule has 120 valence electrons. The summed E-state index contributed by atoms with van der Waals surface area (Å²) in [4.78, 5) is 13.3. The number of amides is 1. The molecule has 23 heavy (non-hydrogen) atoms. The van der Waals surface area contributed by atoms with Crippen molar-refractivity contribution in [3.05, 3.63) is 34.3 Å². The second-order valence-electron chi connectivity index (χ2n) is 5.80. The van der Waals surface area contributed by atoms with Crippen molar-refractivity contribution in [2.45, 2.75) is 46.6 Å². The molecule has 2 aliphatic heterocycles. The predicted molar refractivity (Wildman–Crippen MR) is 91.3 cm³/mol. The highest BCUT2D eigenvalue weighted by molar-refractivity contribution is 8.01. The Morgan fingerprint density at radius 2 is 2.30 bits per heavy atom. The summed E-state index contributed by atoms with van der Waals surface area (Å²) in [6.45, 7) is 0. The minimum Gasteiger partial charge on any atom is -0.346 e. The Kier molecular flexibility index (Phi) is 4.27. The SMILES string of the molecule is O=C(N[C@@H]1C[C@H]2CC[C@@H]1N2)c1nnc(Sc2cccc(Cl)c2)s1. The van der Waals surface area contributed by atoms with E-state index >= 15 is 0 Å². The molecule has 5 nitrogen and oxygen atoms in total. The minimum atomic E-state index is -0.125. The van der Waals surface area contributed by atoms with E-state index in [0.29, 0.717) is 22.1 Å². The number of carbonyl (C=O) groups is 1. The van der Waals surface area contributed by atoms with Crippen LogP contribution in [-0.2, 0) is 0 Å². The molecule has 0 radical (unpaired) electrons. The van der Waals surface area contributed by atoms with Crippen LogP contribution in [0.1, 0.15) is 29.1 Å².